The van der Waals surface area contributed by atoms with Crippen LogP contribution in [-0.2, 0) is 13.0 Å². The first-order chi connectivity index (χ1) is 13.7. The molecule has 3 N–H and O–H groups in total. The van der Waals surface area contributed by atoms with Crippen molar-refractivity contribution < 1.29 is 4.74 Å². The van der Waals surface area contributed by atoms with Gasteiger partial charge in [0.1, 0.15) is 12.1 Å². The van der Waals surface area contributed by atoms with Gasteiger partial charge < -0.3 is 20.4 Å². The Hall–Kier alpha value is -1.59. The van der Waals surface area contributed by atoms with E-state index in [1.54, 1.807) is 11.8 Å². The van der Waals surface area contributed by atoms with Crippen LogP contribution in [0.5, 0.6) is 5.75 Å². The highest BCUT2D eigenvalue weighted by Crippen LogP contribution is 2.38. The van der Waals surface area contributed by atoms with Crippen molar-refractivity contribution in [3.8, 4) is 5.75 Å². The highest BCUT2D eigenvalue weighted by Gasteiger charge is 2.20. The van der Waals surface area contributed by atoms with Gasteiger partial charge in [0, 0.05) is 28.0 Å². The van der Waals surface area contributed by atoms with Gasteiger partial charge >= 0.3 is 0 Å². The minimum atomic E-state index is 0.413. The Morgan fingerprint density at radius 2 is 2.21 bits per heavy atom. The Bertz CT molecular complexity index is 992. The van der Waals surface area contributed by atoms with E-state index in [0.717, 1.165) is 54.1 Å². The van der Waals surface area contributed by atoms with Crippen LogP contribution in [0, 0.1) is 3.57 Å². The van der Waals surface area contributed by atoms with Crippen LogP contribution < -0.4 is 15.8 Å². The molecule has 1 aromatic carbocycles. The number of aromatic nitrogens is 4. The van der Waals surface area contributed by atoms with E-state index in [1.807, 2.05) is 0 Å². The van der Waals surface area contributed by atoms with Gasteiger partial charge in [0.15, 0.2) is 22.1 Å². The van der Waals surface area contributed by atoms with Crippen LogP contribution in [0.25, 0.3) is 11.2 Å². The number of unbranched alkanes of at least 4 members (excludes halogenated alkanes) is 1. The average molecular weight is 510 g/mol. The molecule has 0 saturated carbocycles. The standard InChI is InChI=1S/C19H23IN6OS/c1-2-3-5-22-6-7-26-18-16(17(21)23-11-24-18)25-19(26)28-15-10-14-12(4-8-27-14)9-13(15)20/h9-11,22H,2-8H2,1H3,(H2,21,23,24). The number of hydrogen-bond acceptors (Lipinski definition) is 7. The van der Waals surface area contributed by atoms with E-state index in [4.69, 9.17) is 15.5 Å². The number of nitrogen functional groups attached to an aromatic ring is 1. The second kappa shape index (κ2) is 8.83. The van der Waals surface area contributed by atoms with Crippen molar-refractivity contribution in [2.45, 2.75) is 42.8 Å². The summed E-state index contributed by atoms with van der Waals surface area (Å²) in [6.07, 6.45) is 4.84. The molecule has 0 spiro atoms. The molecule has 9 heteroatoms. The van der Waals surface area contributed by atoms with Gasteiger partial charge in [-0.3, -0.25) is 0 Å². The molecular weight excluding hydrogens is 487 g/mol. The fraction of sp³-hybridized carbons (Fsp3) is 0.421. The second-order valence-corrected chi connectivity index (χ2v) is 8.84. The number of nitrogens with one attached hydrogen (secondary N) is 1. The summed E-state index contributed by atoms with van der Waals surface area (Å²) in [6.45, 7) is 5.60. The third-order valence-electron chi connectivity index (χ3n) is 4.69. The molecule has 0 aliphatic carbocycles. The Balaban J connectivity index is 1.64. The van der Waals surface area contributed by atoms with Gasteiger partial charge in [0.2, 0.25) is 0 Å². The van der Waals surface area contributed by atoms with Gasteiger partial charge in [-0.1, -0.05) is 25.1 Å². The van der Waals surface area contributed by atoms with E-state index in [1.165, 1.54) is 28.3 Å². The van der Waals surface area contributed by atoms with Crippen molar-refractivity contribution in [1.29, 1.82) is 0 Å². The van der Waals surface area contributed by atoms with E-state index in [0.29, 0.717) is 11.3 Å². The van der Waals surface area contributed by atoms with Gasteiger partial charge in [-0.15, -0.1) is 0 Å². The maximum atomic E-state index is 6.06. The zero-order chi connectivity index (χ0) is 19.5. The van der Waals surface area contributed by atoms with E-state index >= 15 is 0 Å². The molecule has 1 aliphatic heterocycles. The fourth-order valence-electron chi connectivity index (χ4n) is 3.18. The molecule has 0 fully saturated rings. The summed E-state index contributed by atoms with van der Waals surface area (Å²) in [5.41, 5.74) is 8.77. The zero-order valence-corrected chi connectivity index (χ0v) is 18.7. The molecule has 0 unspecified atom stereocenters. The van der Waals surface area contributed by atoms with E-state index < -0.39 is 0 Å². The zero-order valence-electron chi connectivity index (χ0n) is 15.7. The SMILES string of the molecule is CCCCNCCn1c(Sc2cc3c(cc2I)CCO3)nc2c(N)ncnc21. The number of halogens is 1. The van der Waals surface area contributed by atoms with Crippen LogP contribution in [0.15, 0.2) is 28.5 Å². The number of ether oxygens (including phenoxy) is 1. The molecule has 3 heterocycles. The molecule has 2 aromatic heterocycles. The largest absolute Gasteiger partial charge is 0.493 e. The Kier molecular flexibility index (Phi) is 6.22. The molecule has 28 heavy (non-hydrogen) atoms. The quantitative estimate of drug-likeness (QED) is 0.354. The van der Waals surface area contributed by atoms with Gasteiger partial charge in [-0.2, -0.15) is 0 Å². The smallest absolute Gasteiger partial charge is 0.175 e. The molecule has 1 aliphatic rings. The minimum Gasteiger partial charge on any atom is -0.493 e. The van der Waals surface area contributed by atoms with E-state index in [-0.39, 0.29) is 0 Å². The molecule has 0 saturated heterocycles. The van der Waals surface area contributed by atoms with Crippen molar-refractivity contribution in [2.75, 3.05) is 25.4 Å². The van der Waals surface area contributed by atoms with Crippen molar-refractivity contribution in [1.82, 2.24) is 24.8 Å². The summed E-state index contributed by atoms with van der Waals surface area (Å²) < 4.78 is 9.07. The lowest BCUT2D eigenvalue weighted by Crippen LogP contribution is -2.21. The number of fused-ring (bicyclic) bond motifs is 2. The van der Waals surface area contributed by atoms with Crippen LogP contribution >= 0.6 is 34.4 Å². The monoisotopic (exact) mass is 510 g/mol. The summed E-state index contributed by atoms with van der Waals surface area (Å²) in [5, 5.41) is 4.36. The van der Waals surface area contributed by atoms with Crippen molar-refractivity contribution >= 4 is 51.3 Å². The molecule has 7 nitrogen and oxygen atoms in total. The van der Waals surface area contributed by atoms with Crippen molar-refractivity contribution in [3.63, 3.8) is 0 Å². The number of rotatable bonds is 8. The number of nitrogens with two attached hydrogens (primary N) is 1. The highest BCUT2D eigenvalue weighted by atomic mass is 127. The van der Waals surface area contributed by atoms with Crippen molar-refractivity contribution in [3.05, 3.63) is 27.6 Å². The lowest BCUT2D eigenvalue weighted by molar-refractivity contribution is 0.356. The topological polar surface area (TPSA) is 90.9 Å². The molecule has 0 bridgehead atoms. The summed E-state index contributed by atoms with van der Waals surface area (Å²) in [5.74, 6) is 1.39. The first-order valence-electron chi connectivity index (χ1n) is 9.48. The Labute approximate surface area is 182 Å². The molecule has 3 aromatic rings. The predicted octanol–water partition coefficient (Wildman–Crippen LogP) is 3.49. The third-order valence-corrected chi connectivity index (χ3v) is 7.00. The molecule has 148 valence electrons. The molecule has 0 atom stereocenters. The number of nitrogens with zero attached hydrogens (tertiary/aromatic N) is 4. The predicted molar refractivity (Wildman–Crippen MR) is 120 cm³/mol. The Morgan fingerprint density at radius 3 is 3.07 bits per heavy atom. The van der Waals surface area contributed by atoms with Crippen LogP contribution in [0.3, 0.4) is 0 Å². The van der Waals surface area contributed by atoms with Gasteiger partial charge in [-0.25, -0.2) is 15.0 Å². The number of benzene rings is 1. The highest BCUT2D eigenvalue weighted by molar-refractivity contribution is 14.1. The number of hydrogen-bond donors (Lipinski definition) is 2. The second-order valence-electron chi connectivity index (χ2n) is 6.67. The van der Waals surface area contributed by atoms with E-state index in [2.05, 4.69) is 61.5 Å². The normalized spacial score (nSPS) is 13.1. The Morgan fingerprint density at radius 1 is 1.32 bits per heavy atom. The first kappa shape index (κ1) is 19.7. The fourth-order valence-corrected chi connectivity index (χ4v) is 4.99. The van der Waals surface area contributed by atoms with Crippen LogP contribution in [0.2, 0.25) is 0 Å². The maximum absolute atomic E-state index is 6.06. The molecule has 0 radical (unpaired) electrons. The number of anilines is 1. The van der Waals surface area contributed by atoms with Crippen LogP contribution in [0.4, 0.5) is 5.82 Å². The lowest BCUT2D eigenvalue weighted by atomic mass is 10.2. The van der Waals surface area contributed by atoms with Crippen molar-refractivity contribution in [2.24, 2.45) is 0 Å². The third kappa shape index (κ3) is 4.06. The average Bonchev–Trinajstić information content (AvgIpc) is 3.27. The molecule has 4 rings (SSSR count). The van der Waals surface area contributed by atoms with Gasteiger partial charge in [0.05, 0.1) is 6.61 Å². The minimum absolute atomic E-state index is 0.413. The lowest BCUT2D eigenvalue weighted by Gasteiger charge is -2.11. The number of imidazole rings is 1. The summed E-state index contributed by atoms with van der Waals surface area (Å²) >= 11 is 4.01. The van der Waals surface area contributed by atoms with Crippen LogP contribution in [-0.4, -0.2) is 39.2 Å². The summed E-state index contributed by atoms with van der Waals surface area (Å²) in [7, 11) is 0. The van der Waals surface area contributed by atoms with Crippen LogP contribution in [0.1, 0.15) is 25.3 Å². The molecule has 0 amide bonds. The summed E-state index contributed by atoms with van der Waals surface area (Å²) in [6, 6.07) is 4.33. The van der Waals surface area contributed by atoms with E-state index in [9.17, 15) is 0 Å². The maximum Gasteiger partial charge on any atom is 0.175 e. The summed E-state index contributed by atoms with van der Waals surface area (Å²) in [4.78, 5) is 14.4. The van der Waals surface area contributed by atoms with Gasteiger partial charge in [-0.05, 0) is 53.3 Å². The molecular formula is C19H23IN6OS. The first-order valence-corrected chi connectivity index (χ1v) is 11.4. The van der Waals surface area contributed by atoms with Gasteiger partial charge in [0.25, 0.3) is 0 Å².